The minimum Gasteiger partial charge on any atom is -0.356 e. The molecule has 8 nitrogen and oxygen atoms in total. The normalized spacial score (nSPS) is 16.3. The zero-order valence-electron chi connectivity index (χ0n) is 16.4. The van der Waals surface area contributed by atoms with E-state index >= 15 is 0 Å². The number of aryl methyl sites for hydroxylation is 1. The molecule has 0 N–H and O–H groups in total. The molecule has 3 heterocycles. The van der Waals surface area contributed by atoms with Crippen LogP contribution in [0, 0.1) is 17.0 Å². The summed E-state index contributed by atoms with van der Waals surface area (Å²) < 4.78 is 0. The lowest BCUT2D eigenvalue weighted by molar-refractivity contribution is -0.384. The maximum atomic E-state index is 12.7. The number of carbonyl (C=O) groups excluding carboxylic acids is 1. The van der Waals surface area contributed by atoms with E-state index in [0.29, 0.717) is 13.1 Å². The van der Waals surface area contributed by atoms with E-state index in [1.807, 2.05) is 11.8 Å². The maximum Gasteiger partial charge on any atom is 0.269 e. The number of aromatic nitrogens is 2. The molecule has 4 rings (SSSR count). The van der Waals surface area contributed by atoms with Crippen LogP contribution in [0.2, 0.25) is 0 Å². The number of anilines is 1. The molecule has 0 radical (unpaired) electrons. The van der Waals surface area contributed by atoms with Gasteiger partial charge in [-0.25, -0.2) is 9.97 Å². The average Bonchev–Trinajstić information content (AvgIpc) is 3.26. The number of non-ortho nitro benzene ring substituents is 1. The number of nitro benzene ring substituents is 1. The van der Waals surface area contributed by atoms with Crippen LogP contribution in [0.3, 0.4) is 0 Å². The van der Waals surface area contributed by atoms with Crippen LogP contribution in [-0.4, -0.2) is 45.3 Å². The summed E-state index contributed by atoms with van der Waals surface area (Å²) in [5, 5.41) is 10.7. The Kier molecular flexibility index (Phi) is 5.24. The van der Waals surface area contributed by atoms with Crippen molar-refractivity contribution in [2.75, 3.05) is 24.5 Å². The van der Waals surface area contributed by atoms with Gasteiger partial charge in [0.2, 0.25) is 5.91 Å². The van der Waals surface area contributed by atoms with Crippen LogP contribution < -0.4 is 4.90 Å². The van der Waals surface area contributed by atoms with Gasteiger partial charge in [0.1, 0.15) is 11.6 Å². The third-order valence-electron chi connectivity index (χ3n) is 5.39. The molecule has 1 amide bonds. The molecule has 2 aliphatic heterocycles. The summed E-state index contributed by atoms with van der Waals surface area (Å²) in [7, 11) is 0. The van der Waals surface area contributed by atoms with Gasteiger partial charge in [0.05, 0.1) is 17.2 Å². The fourth-order valence-corrected chi connectivity index (χ4v) is 3.88. The van der Waals surface area contributed by atoms with Crippen molar-refractivity contribution in [2.24, 2.45) is 0 Å². The lowest BCUT2D eigenvalue weighted by Crippen LogP contribution is -2.37. The Balaban J connectivity index is 1.50. The second-order valence-electron chi connectivity index (χ2n) is 7.41. The largest absolute Gasteiger partial charge is 0.356 e. The molecular formula is C21H23N5O3. The number of benzene rings is 1. The Labute approximate surface area is 169 Å². The van der Waals surface area contributed by atoms with Gasteiger partial charge >= 0.3 is 0 Å². The summed E-state index contributed by atoms with van der Waals surface area (Å²) in [5.74, 6) is 1.67. The Morgan fingerprint density at radius 2 is 1.86 bits per heavy atom. The quantitative estimate of drug-likeness (QED) is 0.451. The van der Waals surface area contributed by atoms with Crippen molar-refractivity contribution in [1.82, 2.24) is 14.9 Å². The first kappa shape index (κ1) is 19.0. The fourth-order valence-electron chi connectivity index (χ4n) is 3.88. The number of nitrogens with zero attached hydrogens (tertiary/aromatic N) is 5. The van der Waals surface area contributed by atoms with E-state index in [0.717, 1.165) is 48.0 Å². The van der Waals surface area contributed by atoms with Crippen molar-refractivity contribution in [3.05, 3.63) is 63.1 Å². The van der Waals surface area contributed by atoms with Gasteiger partial charge in [-0.1, -0.05) is 0 Å². The zero-order chi connectivity index (χ0) is 20.4. The van der Waals surface area contributed by atoms with Gasteiger partial charge in [0.25, 0.3) is 5.69 Å². The van der Waals surface area contributed by atoms with Gasteiger partial charge in [-0.3, -0.25) is 14.9 Å². The summed E-state index contributed by atoms with van der Waals surface area (Å²) in [6.45, 7) is 5.04. The predicted octanol–water partition coefficient (Wildman–Crippen LogP) is 2.89. The van der Waals surface area contributed by atoms with Gasteiger partial charge in [0.15, 0.2) is 0 Å². The Hall–Kier alpha value is -3.29. The third-order valence-corrected chi connectivity index (χ3v) is 5.39. The number of carbonyl (C=O) groups is 1. The summed E-state index contributed by atoms with van der Waals surface area (Å²) >= 11 is 0. The van der Waals surface area contributed by atoms with Crippen LogP contribution >= 0.6 is 0 Å². The highest BCUT2D eigenvalue weighted by Crippen LogP contribution is 2.29. The second-order valence-corrected chi connectivity index (χ2v) is 7.41. The number of fused-ring (bicyclic) bond motifs is 1. The Morgan fingerprint density at radius 3 is 2.55 bits per heavy atom. The van der Waals surface area contributed by atoms with Crippen molar-refractivity contribution >= 4 is 23.5 Å². The van der Waals surface area contributed by atoms with Crippen LogP contribution in [0.25, 0.3) is 6.08 Å². The van der Waals surface area contributed by atoms with Gasteiger partial charge in [-0.05, 0) is 43.5 Å². The minimum absolute atomic E-state index is 0.0332. The van der Waals surface area contributed by atoms with Gasteiger partial charge in [-0.2, -0.15) is 0 Å². The molecule has 2 aromatic rings. The van der Waals surface area contributed by atoms with E-state index in [2.05, 4.69) is 14.9 Å². The molecule has 1 aromatic carbocycles. The van der Waals surface area contributed by atoms with Crippen molar-refractivity contribution < 1.29 is 9.72 Å². The fraction of sp³-hybridized carbons (Fsp3) is 0.381. The smallest absolute Gasteiger partial charge is 0.269 e. The van der Waals surface area contributed by atoms with E-state index in [1.165, 1.54) is 31.1 Å². The van der Waals surface area contributed by atoms with Crippen molar-refractivity contribution in [3.8, 4) is 0 Å². The topological polar surface area (TPSA) is 92.5 Å². The van der Waals surface area contributed by atoms with Gasteiger partial charge < -0.3 is 9.80 Å². The van der Waals surface area contributed by atoms with Gasteiger partial charge in [0, 0.05) is 49.8 Å². The molecule has 0 unspecified atom stereocenters. The summed E-state index contributed by atoms with van der Waals surface area (Å²) in [6.07, 6.45) is 6.26. The van der Waals surface area contributed by atoms with Crippen LogP contribution in [0.4, 0.5) is 11.5 Å². The molecule has 1 aromatic heterocycles. The number of hydrogen-bond acceptors (Lipinski definition) is 6. The Bertz CT molecular complexity index is 965. The van der Waals surface area contributed by atoms with E-state index in [9.17, 15) is 14.9 Å². The number of rotatable bonds is 4. The molecule has 2 aliphatic rings. The van der Waals surface area contributed by atoms with Gasteiger partial charge in [-0.15, -0.1) is 0 Å². The highest BCUT2D eigenvalue weighted by Gasteiger charge is 2.27. The van der Waals surface area contributed by atoms with Crippen LogP contribution in [0.5, 0.6) is 0 Å². The first-order valence-corrected chi connectivity index (χ1v) is 9.84. The van der Waals surface area contributed by atoms with E-state index in [1.54, 1.807) is 18.2 Å². The first-order chi connectivity index (χ1) is 14.0. The SMILES string of the molecule is Cc1nc2c(c(N3CCCC3)n1)CN(C(=O)/C=C/c1ccc([N+](=O)[O-])cc1)CC2. The molecule has 8 heteroatoms. The zero-order valence-corrected chi connectivity index (χ0v) is 16.4. The van der Waals surface area contributed by atoms with Crippen molar-refractivity contribution in [2.45, 2.75) is 32.7 Å². The standard InChI is InChI=1S/C21H23N5O3/c1-15-22-19-10-13-25(14-18(19)21(23-15)24-11-2-3-12-24)20(27)9-6-16-4-7-17(8-5-16)26(28)29/h4-9H,2-3,10-14H2,1H3/b9-6+. The van der Waals surface area contributed by atoms with E-state index in [4.69, 9.17) is 0 Å². The summed E-state index contributed by atoms with van der Waals surface area (Å²) in [4.78, 5) is 36.4. The van der Waals surface area contributed by atoms with E-state index < -0.39 is 4.92 Å². The van der Waals surface area contributed by atoms with Crippen LogP contribution in [0.15, 0.2) is 30.3 Å². The van der Waals surface area contributed by atoms with Crippen molar-refractivity contribution in [1.29, 1.82) is 0 Å². The Morgan fingerprint density at radius 1 is 1.14 bits per heavy atom. The van der Waals surface area contributed by atoms with Crippen LogP contribution in [-0.2, 0) is 17.8 Å². The minimum atomic E-state index is -0.439. The lowest BCUT2D eigenvalue weighted by atomic mass is 10.1. The summed E-state index contributed by atoms with van der Waals surface area (Å²) in [6, 6.07) is 6.14. The molecule has 0 saturated carbocycles. The van der Waals surface area contributed by atoms with Crippen LogP contribution in [0.1, 0.15) is 35.5 Å². The monoisotopic (exact) mass is 393 g/mol. The highest BCUT2D eigenvalue weighted by atomic mass is 16.6. The molecular weight excluding hydrogens is 370 g/mol. The molecule has 1 fully saturated rings. The highest BCUT2D eigenvalue weighted by molar-refractivity contribution is 5.92. The van der Waals surface area contributed by atoms with Crippen molar-refractivity contribution in [3.63, 3.8) is 0 Å². The van der Waals surface area contributed by atoms with E-state index in [-0.39, 0.29) is 11.6 Å². The number of hydrogen-bond donors (Lipinski definition) is 0. The average molecular weight is 393 g/mol. The molecule has 0 aliphatic carbocycles. The molecule has 0 spiro atoms. The molecule has 150 valence electrons. The third kappa shape index (κ3) is 4.11. The molecule has 0 bridgehead atoms. The maximum absolute atomic E-state index is 12.7. The molecule has 29 heavy (non-hydrogen) atoms. The summed E-state index contributed by atoms with van der Waals surface area (Å²) in [5.41, 5.74) is 2.88. The second kappa shape index (κ2) is 7.98. The number of nitro groups is 1. The molecule has 0 atom stereocenters. The predicted molar refractivity (Wildman–Crippen MR) is 109 cm³/mol. The number of amides is 1. The first-order valence-electron chi connectivity index (χ1n) is 9.84. The lowest BCUT2D eigenvalue weighted by Gasteiger charge is -2.31. The molecule has 1 saturated heterocycles.